The minimum absolute atomic E-state index is 0.723. The Morgan fingerprint density at radius 2 is 2.00 bits per heavy atom. The summed E-state index contributed by atoms with van der Waals surface area (Å²) in [5.74, 6) is 1.09. The number of ether oxygens (including phenoxy) is 1. The highest BCUT2D eigenvalue weighted by molar-refractivity contribution is 5.47. The van der Waals surface area contributed by atoms with E-state index in [-0.39, 0.29) is 0 Å². The van der Waals surface area contributed by atoms with E-state index in [1.54, 1.807) is 7.11 Å². The van der Waals surface area contributed by atoms with E-state index in [0.717, 1.165) is 45.1 Å². The zero-order valence-corrected chi connectivity index (χ0v) is 13.0. The van der Waals surface area contributed by atoms with Gasteiger partial charge in [0.2, 0.25) is 0 Å². The molecule has 0 fully saturated rings. The van der Waals surface area contributed by atoms with Crippen molar-refractivity contribution in [1.29, 1.82) is 0 Å². The maximum Gasteiger partial charge on any atom is 0.133 e. The molecule has 5 heteroatoms. The van der Waals surface area contributed by atoms with Crippen LogP contribution in [0.3, 0.4) is 0 Å². The van der Waals surface area contributed by atoms with Crippen LogP contribution in [0.5, 0.6) is 0 Å². The van der Waals surface area contributed by atoms with Crippen LogP contribution in [0.25, 0.3) is 0 Å². The lowest BCUT2D eigenvalue weighted by Crippen LogP contribution is -2.33. The van der Waals surface area contributed by atoms with Crippen molar-refractivity contribution in [2.75, 3.05) is 38.3 Å². The summed E-state index contributed by atoms with van der Waals surface area (Å²) in [6, 6.07) is 8.35. The van der Waals surface area contributed by atoms with E-state index in [0.29, 0.717) is 0 Å². The van der Waals surface area contributed by atoms with Gasteiger partial charge in [-0.25, -0.2) is 4.98 Å². The third-order valence-electron chi connectivity index (χ3n) is 3.97. The molecular weight excluding hydrogens is 276 g/mol. The molecule has 22 heavy (non-hydrogen) atoms. The average Bonchev–Trinajstić information content (AvgIpc) is 2.73. The van der Waals surface area contributed by atoms with Crippen molar-refractivity contribution in [3.8, 4) is 0 Å². The van der Waals surface area contributed by atoms with Crippen LogP contribution in [0.15, 0.2) is 42.9 Å². The van der Waals surface area contributed by atoms with Crippen LogP contribution in [0.2, 0.25) is 0 Å². The monoisotopic (exact) mass is 298 g/mol. The van der Waals surface area contributed by atoms with Crippen LogP contribution in [0.1, 0.15) is 11.1 Å². The van der Waals surface area contributed by atoms with Crippen molar-refractivity contribution < 1.29 is 4.74 Å². The summed E-state index contributed by atoms with van der Waals surface area (Å²) in [7, 11) is 1.74. The maximum atomic E-state index is 5.23. The lowest BCUT2D eigenvalue weighted by molar-refractivity contribution is 0.203. The predicted molar refractivity (Wildman–Crippen MR) is 86.7 cm³/mol. The van der Waals surface area contributed by atoms with Crippen LogP contribution < -0.4 is 4.90 Å². The molecule has 0 aliphatic carbocycles. The number of aromatic nitrogens is 2. The molecule has 0 spiro atoms. The molecule has 5 nitrogen and oxygen atoms in total. The molecule has 1 aliphatic heterocycles. The number of nitrogens with zero attached hydrogens (tertiary/aromatic N) is 4. The van der Waals surface area contributed by atoms with Crippen molar-refractivity contribution in [1.82, 2.24) is 14.9 Å². The second-order valence-corrected chi connectivity index (χ2v) is 5.53. The molecule has 116 valence electrons. The lowest BCUT2D eigenvalue weighted by Gasteiger charge is -2.23. The summed E-state index contributed by atoms with van der Waals surface area (Å²) < 4.78 is 5.23. The molecule has 0 radical (unpaired) electrons. The fourth-order valence-corrected chi connectivity index (χ4v) is 2.83. The fraction of sp³-hybridized carbons (Fsp3) is 0.412. The van der Waals surface area contributed by atoms with Gasteiger partial charge in [-0.15, -0.1) is 0 Å². The summed E-state index contributed by atoms with van der Waals surface area (Å²) in [5.41, 5.74) is 2.58. The van der Waals surface area contributed by atoms with Crippen molar-refractivity contribution in [3.63, 3.8) is 0 Å². The number of methoxy groups -OCH3 is 1. The van der Waals surface area contributed by atoms with Gasteiger partial charge in [-0.3, -0.25) is 9.88 Å². The molecule has 1 aliphatic rings. The smallest absolute Gasteiger partial charge is 0.133 e. The Hall–Kier alpha value is -1.98. The highest BCUT2D eigenvalue weighted by Gasteiger charge is 2.20. The summed E-state index contributed by atoms with van der Waals surface area (Å²) in [4.78, 5) is 13.5. The second kappa shape index (κ2) is 7.33. The van der Waals surface area contributed by atoms with Crippen molar-refractivity contribution in [2.24, 2.45) is 0 Å². The zero-order valence-electron chi connectivity index (χ0n) is 13.0. The maximum absolute atomic E-state index is 5.23. The van der Waals surface area contributed by atoms with Gasteiger partial charge in [0.25, 0.3) is 0 Å². The summed E-state index contributed by atoms with van der Waals surface area (Å²) in [5, 5.41) is 0. The SMILES string of the molecule is COCCN1CCN(Cc2ccncc2)Cc2cccnc21. The number of rotatable bonds is 5. The van der Waals surface area contributed by atoms with Gasteiger partial charge in [-0.1, -0.05) is 6.07 Å². The summed E-state index contributed by atoms with van der Waals surface area (Å²) in [6.07, 6.45) is 5.58. The Morgan fingerprint density at radius 3 is 2.82 bits per heavy atom. The molecule has 0 unspecified atom stereocenters. The van der Waals surface area contributed by atoms with E-state index >= 15 is 0 Å². The van der Waals surface area contributed by atoms with Crippen molar-refractivity contribution >= 4 is 5.82 Å². The van der Waals surface area contributed by atoms with Gasteiger partial charge in [0.1, 0.15) is 5.82 Å². The largest absolute Gasteiger partial charge is 0.383 e. The number of hydrogen-bond donors (Lipinski definition) is 0. The van der Waals surface area contributed by atoms with E-state index in [4.69, 9.17) is 4.74 Å². The Labute approximate surface area is 131 Å². The minimum atomic E-state index is 0.723. The molecule has 0 amide bonds. The molecule has 0 saturated heterocycles. The first-order chi connectivity index (χ1) is 10.9. The van der Waals surface area contributed by atoms with Crippen LogP contribution >= 0.6 is 0 Å². The fourth-order valence-electron chi connectivity index (χ4n) is 2.83. The van der Waals surface area contributed by atoms with Crippen molar-refractivity contribution in [3.05, 3.63) is 54.0 Å². The first kappa shape index (κ1) is 14.9. The Bertz CT molecular complexity index is 590. The molecule has 3 heterocycles. The molecule has 3 rings (SSSR count). The van der Waals surface area contributed by atoms with Gasteiger partial charge >= 0.3 is 0 Å². The van der Waals surface area contributed by atoms with Crippen LogP contribution in [0.4, 0.5) is 5.82 Å². The van der Waals surface area contributed by atoms with Crippen molar-refractivity contribution in [2.45, 2.75) is 13.1 Å². The molecule has 0 aromatic carbocycles. The first-order valence-electron chi connectivity index (χ1n) is 7.66. The van der Waals surface area contributed by atoms with E-state index in [1.165, 1.54) is 11.1 Å². The topological polar surface area (TPSA) is 41.5 Å². The van der Waals surface area contributed by atoms with E-state index < -0.39 is 0 Å². The third-order valence-corrected chi connectivity index (χ3v) is 3.97. The number of hydrogen-bond acceptors (Lipinski definition) is 5. The molecule has 2 aromatic rings. The predicted octanol–water partition coefficient (Wildman–Crippen LogP) is 1.95. The molecule has 2 aromatic heterocycles. The van der Waals surface area contributed by atoms with Gasteiger partial charge in [0, 0.05) is 64.0 Å². The summed E-state index contributed by atoms with van der Waals surface area (Å²) in [6.45, 7) is 5.45. The van der Waals surface area contributed by atoms with Gasteiger partial charge in [-0.2, -0.15) is 0 Å². The van der Waals surface area contributed by atoms with Gasteiger partial charge < -0.3 is 9.64 Å². The van der Waals surface area contributed by atoms with Gasteiger partial charge in [0.05, 0.1) is 6.61 Å². The highest BCUT2D eigenvalue weighted by atomic mass is 16.5. The Kier molecular flexibility index (Phi) is 4.98. The lowest BCUT2D eigenvalue weighted by atomic mass is 10.2. The molecular formula is C17H22N4O. The van der Waals surface area contributed by atoms with Crippen LogP contribution in [-0.4, -0.2) is 48.2 Å². The quantitative estimate of drug-likeness (QED) is 0.844. The normalized spacial score (nSPS) is 15.4. The Balaban J connectivity index is 1.76. The standard InChI is InChI=1S/C17H22N4O/c1-22-12-11-21-10-9-20(13-15-4-7-18-8-5-15)14-16-3-2-6-19-17(16)21/h2-8H,9-14H2,1H3. The third kappa shape index (κ3) is 3.61. The van der Waals surface area contributed by atoms with E-state index in [1.807, 2.05) is 24.7 Å². The number of fused-ring (bicyclic) bond motifs is 1. The molecule has 0 saturated carbocycles. The highest BCUT2D eigenvalue weighted by Crippen LogP contribution is 2.23. The number of pyridine rings is 2. The minimum Gasteiger partial charge on any atom is -0.383 e. The van der Waals surface area contributed by atoms with Gasteiger partial charge in [-0.05, 0) is 23.8 Å². The average molecular weight is 298 g/mol. The molecule has 0 N–H and O–H groups in total. The summed E-state index contributed by atoms with van der Waals surface area (Å²) >= 11 is 0. The Morgan fingerprint density at radius 1 is 1.14 bits per heavy atom. The van der Waals surface area contributed by atoms with Crippen LogP contribution in [-0.2, 0) is 17.8 Å². The number of anilines is 1. The molecule has 0 bridgehead atoms. The molecule has 0 atom stereocenters. The second-order valence-electron chi connectivity index (χ2n) is 5.53. The zero-order chi connectivity index (χ0) is 15.2. The van der Waals surface area contributed by atoms with E-state index in [9.17, 15) is 0 Å². The van der Waals surface area contributed by atoms with Crippen LogP contribution in [0, 0.1) is 0 Å². The first-order valence-corrected chi connectivity index (χ1v) is 7.66. The van der Waals surface area contributed by atoms with Gasteiger partial charge in [0.15, 0.2) is 0 Å². The van der Waals surface area contributed by atoms with E-state index in [2.05, 4.69) is 38.0 Å².